The van der Waals surface area contributed by atoms with Gasteiger partial charge in [-0.15, -0.1) is 0 Å². The lowest BCUT2D eigenvalue weighted by Gasteiger charge is -2.24. The first-order chi connectivity index (χ1) is 8.56. The number of carboxylic acids is 1. The molecule has 1 fully saturated rings. The van der Waals surface area contributed by atoms with Crippen molar-refractivity contribution in [3.63, 3.8) is 0 Å². The highest BCUT2D eigenvalue weighted by Gasteiger charge is 2.21. The minimum Gasteiger partial charge on any atom is -0.478 e. The predicted octanol–water partition coefficient (Wildman–Crippen LogP) is 2.65. The number of amides is 1. The minimum atomic E-state index is -1.26. The van der Waals surface area contributed by atoms with Gasteiger partial charge in [-0.2, -0.15) is 0 Å². The van der Waals surface area contributed by atoms with Crippen molar-refractivity contribution >= 4 is 17.6 Å². The highest BCUT2D eigenvalue weighted by Crippen LogP contribution is 2.29. The lowest BCUT2D eigenvalue weighted by atomic mass is 9.83. The molecule has 1 amide bonds. The Hall–Kier alpha value is -1.91. The van der Waals surface area contributed by atoms with Crippen LogP contribution in [0.2, 0.25) is 0 Å². The molecule has 2 N–H and O–H groups in total. The number of rotatable bonds is 4. The Balaban J connectivity index is 2.07. The van der Waals surface area contributed by atoms with E-state index in [1.54, 1.807) is 0 Å². The third kappa shape index (κ3) is 2.85. The molecule has 0 aliphatic heterocycles. The van der Waals surface area contributed by atoms with Crippen molar-refractivity contribution in [2.75, 3.05) is 5.32 Å². The van der Waals surface area contributed by atoms with Crippen molar-refractivity contribution in [1.29, 1.82) is 0 Å². The summed E-state index contributed by atoms with van der Waals surface area (Å²) in [6.45, 7) is 0. The maximum Gasteiger partial charge on any atom is 0.337 e. The fourth-order valence-electron chi connectivity index (χ4n) is 1.96. The molecule has 0 saturated heterocycles. The standard InChI is InChI=1S/C13H14FNO3/c14-9-4-5-11(10(7-9)13(17)18)15-12(16)6-8-2-1-3-8/h4-5,7-8H,1-3,6H2,(H,15,16)(H,17,18). The molecule has 96 valence electrons. The minimum absolute atomic E-state index is 0.147. The lowest BCUT2D eigenvalue weighted by Crippen LogP contribution is -2.21. The number of hydrogen-bond donors (Lipinski definition) is 2. The smallest absolute Gasteiger partial charge is 0.337 e. The molecule has 1 aromatic rings. The maximum atomic E-state index is 12.9. The number of carbonyl (C=O) groups excluding carboxylic acids is 1. The molecule has 2 rings (SSSR count). The molecule has 1 aromatic carbocycles. The van der Waals surface area contributed by atoms with E-state index in [2.05, 4.69) is 5.32 Å². The van der Waals surface area contributed by atoms with Gasteiger partial charge in [0.2, 0.25) is 5.91 Å². The van der Waals surface area contributed by atoms with E-state index in [0.717, 1.165) is 31.4 Å². The molecular weight excluding hydrogens is 237 g/mol. The molecule has 0 aromatic heterocycles. The summed E-state index contributed by atoms with van der Waals surface area (Å²) in [4.78, 5) is 22.6. The molecule has 0 spiro atoms. The molecular formula is C13H14FNO3. The van der Waals surface area contributed by atoms with Crippen LogP contribution in [0.1, 0.15) is 36.0 Å². The van der Waals surface area contributed by atoms with Crippen LogP contribution >= 0.6 is 0 Å². The average Bonchev–Trinajstić information content (AvgIpc) is 2.26. The quantitative estimate of drug-likeness (QED) is 0.864. The van der Waals surface area contributed by atoms with E-state index in [1.807, 2.05) is 0 Å². The number of hydrogen-bond acceptors (Lipinski definition) is 2. The highest BCUT2D eigenvalue weighted by molar-refractivity contribution is 6.00. The number of carbonyl (C=O) groups is 2. The van der Waals surface area contributed by atoms with Gasteiger partial charge in [0.05, 0.1) is 11.3 Å². The van der Waals surface area contributed by atoms with Gasteiger partial charge in [0.25, 0.3) is 0 Å². The molecule has 5 heteroatoms. The summed E-state index contributed by atoms with van der Waals surface area (Å²) in [6.07, 6.45) is 3.64. The monoisotopic (exact) mass is 251 g/mol. The molecule has 0 heterocycles. The summed E-state index contributed by atoms with van der Waals surface area (Å²) < 4.78 is 12.9. The number of anilines is 1. The third-order valence-corrected chi connectivity index (χ3v) is 3.18. The molecule has 1 aliphatic rings. The maximum absolute atomic E-state index is 12.9. The second kappa shape index (κ2) is 5.16. The van der Waals surface area contributed by atoms with Gasteiger partial charge in [0, 0.05) is 6.42 Å². The molecule has 0 atom stereocenters. The highest BCUT2D eigenvalue weighted by atomic mass is 19.1. The second-order valence-electron chi connectivity index (χ2n) is 4.54. The van der Waals surface area contributed by atoms with Crippen molar-refractivity contribution in [2.24, 2.45) is 5.92 Å². The Morgan fingerprint density at radius 2 is 2.11 bits per heavy atom. The Bertz CT molecular complexity index is 483. The van der Waals surface area contributed by atoms with E-state index < -0.39 is 11.8 Å². The van der Waals surface area contributed by atoms with Crippen molar-refractivity contribution < 1.29 is 19.1 Å². The number of aromatic carboxylic acids is 1. The van der Waals surface area contributed by atoms with Crippen LogP contribution in [0.5, 0.6) is 0 Å². The van der Waals surface area contributed by atoms with Crippen molar-refractivity contribution in [3.8, 4) is 0 Å². The van der Waals surface area contributed by atoms with Gasteiger partial charge in [0.15, 0.2) is 0 Å². The molecule has 0 radical (unpaired) electrons. The van der Waals surface area contributed by atoms with E-state index in [9.17, 15) is 14.0 Å². The molecule has 1 saturated carbocycles. The molecule has 1 aliphatic carbocycles. The molecule has 0 unspecified atom stereocenters. The molecule has 4 nitrogen and oxygen atoms in total. The Labute approximate surface area is 104 Å². The SMILES string of the molecule is O=C(CC1CCC1)Nc1ccc(F)cc1C(=O)O. The molecule has 18 heavy (non-hydrogen) atoms. The average molecular weight is 251 g/mol. The normalized spacial score (nSPS) is 14.9. The topological polar surface area (TPSA) is 66.4 Å². The van der Waals surface area contributed by atoms with Crippen molar-refractivity contribution in [2.45, 2.75) is 25.7 Å². The van der Waals surface area contributed by atoms with Crippen LogP contribution in [0.3, 0.4) is 0 Å². The van der Waals surface area contributed by atoms with Gasteiger partial charge >= 0.3 is 5.97 Å². The van der Waals surface area contributed by atoms with Gasteiger partial charge in [-0.3, -0.25) is 4.79 Å². The van der Waals surface area contributed by atoms with Crippen LogP contribution in [0.15, 0.2) is 18.2 Å². The largest absolute Gasteiger partial charge is 0.478 e. The molecule has 0 bridgehead atoms. The summed E-state index contributed by atoms with van der Waals surface area (Å²) in [7, 11) is 0. The van der Waals surface area contributed by atoms with Crippen molar-refractivity contribution in [1.82, 2.24) is 0 Å². The number of carboxylic acid groups (broad SMARTS) is 1. The number of halogens is 1. The van der Waals surface area contributed by atoms with Gasteiger partial charge in [-0.1, -0.05) is 6.42 Å². The third-order valence-electron chi connectivity index (χ3n) is 3.18. The Morgan fingerprint density at radius 3 is 2.67 bits per heavy atom. The van der Waals surface area contributed by atoms with Gasteiger partial charge in [-0.05, 0) is 37.0 Å². The van der Waals surface area contributed by atoms with Crippen molar-refractivity contribution in [3.05, 3.63) is 29.6 Å². The van der Waals surface area contributed by atoms with Crippen LogP contribution in [0.25, 0.3) is 0 Å². The van der Waals surface area contributed by atoms with Crippen LogP contribution in [-0.4, -0.2) is 17.0 Å². The summed E-state index contributed by atoms with van der Waals surface area (Å²) in [5.41, 5.74) is -0.0785. The summed E-state index contributed by atoms with van der Waals surface area (Å²) in [5, 5.41) is 11.5. The number of nitrogens with one attached hydrogen (secondary N) is 1. The Morgan fingerprint density at radius 1 is 1.39 bits per heavy atom. The van der Waals surface area contributed by atoms with Crippen LogP contribution in [0.4, 0.5) is 10.1 Å². The van der Waals surface area contributed by atoms with Gasteiger partial charge in [-0.25, -0.2) is 9.18 Å². The van der Waals surface area contributed by atoms with E-state index in [1.165, 1.54) is 6.07 Å². The second-order valence-corrected chi connectivity index (χ2v) is 4.54. The lowest BCUT2D eigenvalue weighted by molar-refractivity contribution is -0.117. The van der Waals surface area contributed by atoms with E-state index in [0.29, 0.717) is 12.3 Å². The zero-order valence-corrected chi connectivity index (χ0v) is 9.78. The fraction of sp³-hybridized carbons (Fsp3) is 0.385. The van der Waals surface area contributed by atoms with Crippen LogP contribution in [0, 0.1) is 11.7 Å². The van der Waals surface area contributed by atoms with Gasteiger partial charge in [0.1, 0.15) is 5.82 Å². The summed E-state index contributed by atoms with van der Waals surface area (Å²) in [5.74, 6) is -1.70. The number of benzene rings is 1. The first-order valence-electron chi connectivity index (χ1n) is 5.89. The Kier molecular flexibility index (Phi) is 3.60. The predicted molar refractivity (Wildman–Crippen MR) is 63.9 cm³/mol. The summed E-state index contributed by atoms with van der Waals surface area (Å²) in [6, 6.07) is 3.31. The van der Waals surface area contributed by atoms with E-state index >= 15 is 0 Å². The first-order valence-corrected chi connectivity index (χ1v) is 5.89. The first kappa shape index (κ1) is 12.5. The van der Waals surface area contributed by atoms with E-state index in [4.69, 9.17) is 5.11 Å². The van der Waals surface area contributed by atoms with Crippen LogP contribution in [-0.2, 0) is 4.79 Å². The van der Waals surface area contributed by atoms with Crippen LogP contribution < -0.4 is 5.32 Å². The van der Waals surface area contributed by atoms with Gasteiger partial charge < -0.3 is 10.4 Å². The zero-order valence-electron chi connectivity index (χ0n) is 9.78. The van der Waals surface area contributed by atoms with E-state index in [-0.39, 0.29) is 17.2 Å². The zero-order chi connectivity index (χ0) is 13.1. The fourth-order valence-corrected chi connectivity index (χ4v) is 1.96. The summed E-state index contributed by atoms with van der Waals surface area (Å²) >= 11 is 0.